The standard InChI is InChI=1S/C12H15FN2O3/c1-2-5-14-11(17)7-15-12(18)9-6-8(13)3-4-10(9)16/h3-4,6,16H,2,5,7H2,1H3,(H,14,17)(H,15,18). The summed E-state index contributed by atoms with van der Waals surface area (Å²) in [7, 11) is 0. The Bertz CT molecular complexity index is 449. The Kier molecular flexibility index (Phi) is 5.10. The quantitative estimate of drug-likeness (QED) is 0.726. The molecule has 0 saturated heterocycles. The number of rotatable bonds is 5. The number of amides is 2. The zero-order valence-electron chi connectivity index (χ0n) is 10.00. The molecule has 0 aliphatic heterocycles. The molecule has 0 heterocycles. The van der Waals surface area contributed by atoms with E-state index in [-0.39, 0.29) is 23.8 Å². The number of carbonyl (C=O) groups excluding carboxylic acids is 2. The van der Waals surface area contributed by atoms with Gasteiger partial charge in [0.1, 0.15) is 11.6 Å². The van der Waals surface area contributed by atoms with Gasteiger partial charge in [0.05, 0.1) is 12.1 Å². The Labute approximate surface area is 104 Å². The second-order valence-electron chi connectivity index (χ2n) is 3.69. The zero-order valence-corrected chi connectivity index (χ0v) is 10.00. The van der Waals surface area contributed by atoms with E-state index in [2.05, 4.69) is 10.6 Å². The van der Waals surface area contributed by atoms with Crippen molar-refractivity contribution in [2.24, 2.45) is 0 Å². The van der Waals surface area contributed by atoms with Crippen molar-refractivity contribution < 1.29 is 19.1 Å². The third-order valence-electron chi connectivity index (χ3n) is 2.18. The van der Waals surface area contributed by atoms with Gasteiger partial charge in [-0.25, -0.2) is 4.39 Å². The van der Waals surface area contributed by atoms with E-state index in [1.807, 2.05) is 6.92 Å². The molecule has 3 N–H and O–H groups in total. The van der Waals surface area contributed by atoms with Crippen molar-refractivity contribution >= 4 is 11.8 Å². The molecule has 2 amide bonds. The fraction of sp³-hybridized carbons (Fsp3) is 0.333. The Morgan fingerprint density at radius 2 is 2.06 bits per heavy atom. The molecule has 0 aromatic heterocycles. The van der Waals surface area contributed by atoms with E-state index in [4.69, 9.17) is 0 Å². The molecule has 0 spiro atoms. The second kappa shape index (κ2) is 6.58. The van der Waals surface area contributed by atoms with Crippen LogP contribution in [0, 0.1) is 5.82 Å². The number of benzene rings is 1. The first-order valence-electron chi connectivity index (χ1n) is 5.58. The molecule has 0 radical (unpaired) electrons. The fourth-order valence-electron chi connectivity index (χ4n) is 1.27. The molecule has 0 fully saturated rings. The molecule has 5 nitrogen and oxygen atoms in total. The largest absolute Gasteiger partial charge is 0.507 e. The van der Waals surface area contributed by atoms with Crippen molar-refractivity contribution in [3.8, 4) is 5.75 Å². The van der Waals surface area contributed by atoms with Gasteiger partial charge in [-0.2, -0.15) is 0 Å². The molecule has 0 aliphatic rings. The van der Waals surface area contributed by atoms with Crippen LogP contribution in [0.3, 0.4) is 0 Å². The van der Waals surface area contributed by atoms with Crippen molar-refractivity contribution in [3.05, 3.63) is 29.6 Å². The highest BCUT2D eigenvalue weighted by Gasteiger charge is 2.12. The monoisotopic (exact) mass is 254 g/mol. The number of halogens is 1. The van der Waals surface area contributed by atoms with Gasteiger partial charge in [-0.15, -0.1) is 0 Å². The normalized spacial score (nSPS) is 9.89. The predicted octanol–water partition coefficient (Wildman–Crippen LogP) is 0.787. The average molecular weight is 254 g/mol. The summed E-state index contributed by atoms with van der Waals surface area (Å²) in [5, 5.41) is 14.3. The lowest BCUT2D eigenvalue weighted by molar-refractivity contribution is -0.120. The van der Waals surface area contributed by atoms with Gasteiger partial charge in [-0.3, -0.25) is 9.59 Å². The van der Waals surface area contributed by atoms with Crippen LogP contribution in [0.25, 0.3) is 0 Å². The highest BCUT2D eigenvalue weighted by atomic mass is 19.1. The van der Waals surface area contributed by atoms with Crippen LogP contribution in [-0.4, -0.2) is 30.0 Å². The molecule has 1 aromatic carbocycles. The molecule has 0 saturated carbocycles. The van der Waals surface area contributed by atoms with Crippen LogP contribution >= 0.6 is 0 Å². The minimum atomic E-state index is -0.696. The maximum atomic E-state index is 12.9. The molecule has 0 atom stereocenters. The summed E-state index contributed by atoms with van der Waals surface area (Å²) in [5.74, 6) is -1.99. The molecule has 0 unspecified atom stereocenters. The van der Waals surface area contributed by atoms with Crippen LogP contribution in [0.2, 0.25) is 0 Å². The smallest absolute Gasteiger partial charge is 0.255 e. The van der Waals surface area contributed by atoms with Gasteiger partial charge in [0.15, 0.2) is 0 Å². The summed E-state index contributed by atoms with van der Waals surface area (Å²) in [6.07, 6.45) is 0.796. The van der Waals surface area contributed by atoms with Crippen LogP contribution in [0.1, 0.15) is 23.7 Å². The minimum Gasteiger partial charge on any atom is -0.507 e. The summed E-state index contributed by atoms with van der Waals surface area (Å²) in [4.78, 5) is 22.8. The van der Waals surface area contributed by atoms with E-state index in [1.54, 1.807) is 0 Å². The SMILES string of the molecule is CCCNC(=O)CNC(=O)c1cc(F)ccc1O. The Morgan fingerprint density at radius 1 is 1.33 bits per heavy atom. The second-order valence-corrected chi connectivity index (χ2v) is 3.69. The van der Waals surface area contributed by atoms with Crippen LogP contribution in [-0.2, 0) is 4.79 Å². The number of carbonyl (C=O) groups is 2. The van der Waals surface area contributed by atoms with Gasteiger partial charge < -0.3 is 15.7 Å². The summed E-state index contributed by atoms with van der Waals surface area (Å²) >= 11 is 0. The molecular formula is C12H15FN2O3. The van der Waals surface area contributed by atoms with Gasteiger partial charge in [0.25, 0.3) is 5.91 Å². The first kappa shape index (κ1) is 14.0. The maximum Gasteiger partial charge on any atom is 0.255 e. The molecule has 98 valence electrons. The highest BCUT2D eigenvalue weighted by Crippen LogP contribution is 2.17. The van der Waals surface area contributed by atoms with Gasteiger partial charge in [0.2, 0.25) is 5.91 Å². The van der Waals surface area contributed by atoms with Crippen LogP contribution < -0.4 is 10.6 Å². The van der Waals surface area contributed by atoms with Gasteiger partial charge in [-0.05, 0) is 24.6 Å². The Balaban J connectivity index is 2.55. The van der Waals surface area contributed by atoms with Crippen molar-refractivity contribution in [2.45, 2.75) is 13.3 Å². The number of hydrogen-bond donors (Lipinski definition) is 3. The van der Waals surface area contributed by atoms with Gasteiger partial charge in [-0.1, -0.05) is 6.92 Å². The molecule has 1 aromatic rings. The van der Waals surface area contributed by atoms with E-state index < -0.39 is 11.7 Å². The maximum absolute atomic E-state index is 12.9. The molecule has 6 heteroatoms. The summed E-state index contributed by atoms with van der Waals surface area (Å²) in [6.45, 7) is 2.22. The summed E-state index contributed by atoms with van der Waals surface area (Å²) < 4.78 is 12.9. The molecule has 0 aliphatic carbocycles. The predicted molar refractivity (Wildman–Crippen MR) is 63.7 cm³/mol. The van der Waals surface area contributed by atoms with E-state index in [0.717, 1.165) is 24.6 Å². The van der Waals surface area contributed by atoms with E-state index in [0.29, 0.717) is 6.54 Å². The van der Waals surface area contributed by atoms with Gasteiger partial charge >= 0.3 is 0 Å². The number of aromatic hydroxyl groups is 1. The van der Waals surface area contributed by atoms with E-state index in [9.17, 15) is 19.1 Å². The summed E-state index contributed by atoms with van der Waals surface area (Å²) in [5.41, 5.74) is -0.196. The number of hydrogen-bond acceptors (Lipinski definition) is 3. The van der Waals surface area contributed by atoms with E-state index in [1.165, 1.54) is 0 Å². The van der Waals surface area contributed by atoms with Gasteiger partial charge in [0, 0.05) is 6.54 Å². The lowest BCUT2D eigenvalue weighted by atomic mass is 10.2. The van der Waals surface area contributed by atoms with Crippen molar-refractivity contribution in [1.82, 2.24) is 10.6 Å². The number of phenols is 1. The lowest BCUT2D eigenvalue weighted by Gasteiger charge is -2.07. The molecule has 1 rings (SSSR count). The molecular weight excluding hydrogens is 239 g/mol. The zero-order chi connectivity index (χ0) is 13.5. The minimum absolute atomic E-state index is 0.196. The third kappa shape index (κ3) is 4.04. The van der Waals surface area contributed by atoms with Crippen LogP contribution in [0.5, 0.6) is 5.75 Å². The number of phenolic OH excluding ortho intramolecular Hbond substituents is 1. The van der Waals surface area contributed by atoms with Crippen molar-refractivity contribution in [2.75, 3.05) is 13.1 Å². The van der Waals surface area contributed by atoms with Crippen LogP contribution in [0.4, 0.5) is 4.39 Å². The van der Waals surface area contributed by atoms with Crippen LogP contribution in [0.15, 0.2) is 18.2 Å². The fourth-order valence-corrected chi connectivity index (χ4v) is 1.27. The van der Waals surface area contributed by atoms with Crippen molar-refractivity contribution in [3.63, 3.8) is 0 Å². The summed E-state index contributed by atoms with van der Waals surface area (Å²) in [6, 6.07) is 3.04. The third-order valence-corrected chi connectivity index (χ3v) is 2.18. The highest BCUT2D eigenvalue weighted by molar-refractivity contribution is 5.98. The first-order valence-corrected chi connectivity index (χ1v) is 5.58. The van der Waals surface area contributed by atoms with Crippen molar-refractivity contribution in [1.29, 1.82) is 0 Å². The molecule has 18 heavy (non-hydrogen) atoms. The Hall–Kier alpha value is -2.11. The average Bonchev–Trinajstić information content (AvgIpc) is 2.36. The molecule has 0 bridgehead atoms. The first-order chi connectivity index (χ1) is 8.54. The van der Waals surface area contributed by atoms with E-state index >= 15 is 0 Å². The number of nitrogens with one attached hydrogen (secondary N) is 2. The lowest BCUT2D eigenvalue weighted by Crippen LogP contribution is -2.37. The topological polar surface area (TPSA) is 78.4 Å². The Morgan fingerprint density at radius 3 is 2.72 bits per heavy atom.